The van der Waals surface area contributed by atoms with E-state index in [4.69, 9.17) is 20.8 Å². The third kappa shape index (κ3) is 3.81. The maximum absolute atomic E-state index is 13.5. The number of carbonyl (C=O) groups is 1. The number of para-hydroxylation sites is 1. The lowest BCUT2D eigenvalue weighted by atomic mass is 9.95. The van der Waals surface area contributed by atoms with Gasteiger partial charge in [-0.25, -0.2) is 4.79 Å². The highest BCUT2D eigenvalue weighted by atomic mass is 35.5. The predicted molar refractivity (Wildman–Crippen MR) is 138 cm³/mol. The van der Waals surface area contributed by atoms with Crippen LogP contribution in [0.3, 0.4) is 0 Å². The third-order valence-electron chi connectivity index (χ3n) is 6.96. The van der Waals surface area contributed by atoms with Crippen LogP contribution in [0.1, 0.15) is 40.5 Å². The molecular weight excluding hydrogens is 492 g/mol. The van der Waals surface area contributed by atoms with E-state index < -0.39 is 5.76 Å². The van der Waals surface area contributed by atoms with Crippen molar-refractivity contribution >= 4 is 28.6 Å². The molecule has 0 bridgehead atoms. The fourth-order valence-corrected chi connectivity index (χ4v) is 5.16. The van der Waals surface area contributed by atoms with Gasteiger partial charge in [0.15, 0.2) is 5.58 Å². The molecule has 1 atom stereocenters. The zero-order valence-electron chi connectivity index (χ0n) is 19.5. The van der Waals surface area contributed by atoms with E-state index in [0.29, 0.717) is 57.0 Å². The Morgan fingerprint density at radius 1 is 1.00 bits per heavy atom. The van der Waals surface area contributed by atoms with Crippen molar-refractivity contribution in [3.05, 3.63) is 99.1 Å². The molecule has 0 spiro atoms. The van der Waals surface area contributed by atoms with Crippen LogP contribution in [0, 0.1) is 5.92 Å². The highest BCUT2D eigenvalue weighted by Crippen LogP contribution is 2.46. The van der Waals surface area contributed by atoms with Gasteiger partial charge in [-0.15, -0.1) is 0 Å². The highest BCUT2D eigenvalue weighted by molar-refractivity contribution is 6.30. The van der Waals surface area contributed by atoms with Crippen molar-refractivity contribution in [1.29, 1.82) is 0 Å². The molecule has 9 heteroatoms. The summed E-state index contributed by atoms with van der Waals surface area (Å²) >= 11 is 5.98. The Morgan fingerprint density at radius 3 is 2.46 bits per heavy atom. The number of aromatic nitrogens is 3. The molecule has 3 heterocycles. The predicted octanol–water partition coefficient (Wildman–Crippen LogP) is 5.91. The second-order valence-electron chi connectivity index (χ2n) is 9.49. The molecule has 8 nitrogen and oxygen atoms in total. The number of amides is 1. The molecule has 184 valence electrons. The minimum atomic E-state index is -0.533. The molecule has 37 heavy (non-hydrogen) atoms. The Morgan fingerprint density at radius 2 is 1.73 bits per heavy atom. The van der Waals surface area contributed by atoms with Gasteiger partial charge < -0.3 is 14.1 Å². The Bertz CT molecular complexity index is 1700. The van der Waals surface area contributed by atoms with Crippen LogP contribution in [0.5, 0.6) is 11.5 Å². The number of carbonyl (C=O) groups excluding carboxylic acids is 1. The number of oxazole rings is 1. The topological polar surface area (TPSA) is 104 Å². The molecule has 1 saturated carbocycles. The molecule has 1 unspecified atom stereocenters. The van der Waals surface area contributed by atoms with Crippen LogP contribution >= 0.6 is 11.6 Å². The van der Waals surface area contributed by atoms with Gasteiger partial charge in [0.05, 0.1) is 11.6 Å². The number of nitrogens with zero attached hydrogens (tertiary/aromatic N) is 2. The molecule has 1 fully saturated rings. The van der Waals surface area contributed by atoms with Crippen molar-refractivity contribution in [2.45, 2.75) is 18.9 Å². The van der Waals surface area contributed by atoms with Crippen molar-refractivity contribution in [3.63, 3.8) is 0 Å². The number of nitrogens with one attached hydrogen (secondary N) is 2. The van der Waals surface area contributed by atoms with Gasteiger partial charge in [0.1, 0.15) is 22.9 Å². The molecule has 7 rings (SSSR count). The van der Waals surface area contributed by atoms with E-state index in [2.05, 4.69) is 15.2 Å². The van der Waals surface area contributed by atoms with Crippen molar-refractivity contribution in [1.82, 2.24) is 20.1 Å². The van der Waals surface area contributed by atoms with Crippen LogP contribution in [0.4, 0.5) is 0 Å². The number of rotatable bonds is 6. The number of halogens is 1. The van der Waals surface area contributed by atoms with Gasteiger partial charge in [-0.1, -0.05) is 29.8 Å². The van der Waals surface area contributed by atoms with Crippen LogP contribution in [-0.2, 0) is 0 Å². The number of hydrogen-bond acceptors (Lipinski definition) is 5. The Kier molecular flexibility index (Phi) is 4.97. The van der Waals surface area contributed by atoms with Crippen LogP contribution in [0.2, 0.25) is 5.02 Å². The lowest BCUT2D eigenvalue weighted by Crippen LogP contribution is -2.31. The van der Waals surface area contributed by atoms with E-state index >= 15 is 0 Å². The van der Waals surface area contributed by atoms with Gasteiger partial charge in [-0.3, -0.25) is 14.9 Å². The summed E-state index contributed by atoms with van der Waals surface area (Å²) in [4.78, 5) is 30.1. The molecular formula is C28H21ClN4O4. The first-order chi connectivity index (χ1) is 18.0. The van der Waals surface area contributed by atoms with E-state index in [1.165, 1.54) is 0 Å². The number of fused-ring (bicyclic) bond motifs is 2. The molecule has 0 saturated heterocycles. The van der Waals surface area contributed by atoms with E-state index in [-0.39, 0.29) is 11.9 Å². The zero-order chi connectivity index (χ0) is 25.1. The monoisotopic (exact) mass is 512 g/mol. The van der Waals surface area contributed by atoms with E-state index in [9.17, 15) is 9.59 Å². The number of H-pyrrole nitrogens is 2. The van der Waals surface area contributed by atoms with Crippen LogP contribution < -0.4 is 10.5 Å². The maximum Gasteiger partial charge on any atom is 0.417 e. The van der Waals surface area contributed by atoms with Gasteiger partial charge in [-0.05, 0) is 72.9 Å². The normalized spacial score (nSPS) is 16.9. The summed E-state index contributed by atoms with van der Waals surface area (Å²) in [6.07, 6.45) is 2.24. The Hall–Kier alpha value is -4.30. The molecule has 2 aliphatic rings. The summed E-state index contributed by atoms with van der Waals surface area (Å²) in [6, 6.07) is 20.1. The first-order valence-corrected chi connectivity index (χ1v) is 12.5. The summed E-state index contributed by atoms with van der Waals surface area (Å²) in [5, 5.41) is 8.13. The van der Waals surface area contributed by atoms with Crippen LogP contribution in [-0.4, -0.2) is 32.5 Å². The van der Waals surface area contributed by atoms with E-state index in [0.717, 1.165) is 24.0 Å². The molecule has 0 radical (unpaired) electrons. The first-order valence-electron chi connectivity index (χ1n) is 12.1. The van der Waals surface area contributed by atoms with Gasteiger partial charge in [0.2, 0.25) is 0 Å². The molecule has 5 aromatic rings. The van der Waals surface area contributed by atoms with Gasteiger partial charge in [0, 0.05) is 22.7 Å². The van der Waals surface area contributed by atoms with Crippen LogP contribution in [0.15, 0.2) is 75.9 Å². The smallest absolute Gasteiger partial charge is 0.417 e. The Balaban J connectivity index is 1.30. The quantitative estimate of drug-likeness (QED) is 0.294. The molecule has 1 aliphatic carbocycles. The van der Waals surface area contributed by atoms with Crippen molar-refractivity contribution in [3.8, 4) is 22.8 Å². The molecule has 3 aromatic carbocycles. The SMILES string of the molecule is O=C1c2[nH]nc(-c3cccc4[nH]c(=O)oc34)c2C(c2ccc(Oc3ccc(Cl)cc3)cc2)N1CC1CC1. The standard InChI is InChI=1S/C28H21ClN4O4/c29-17-8-12-19(13-9-17)36-18-10-6-16(7-11-18)25-22-23(20-2-1-3-21-26(20)37-28(35)30-21)31-32-24(22)27(34)33(25)14-15-4-5-15/h1-3,6-13,15,25H,4-5,14H2,(H,30,35)(H,31,32). The molecule has 1 amide bonds. The van der Waals surface area contributed by atoms with Crippen molar-refractivity contribution in [2.75, 3.05) is 6.54 Å². The average molecular weight is 513 g/mol. The minimum Gasteiger partial charge on any atom is -0.457 e. The summed E-state index contributed by atoms with van der Waals surface area (Å²) in [7, 11) is 0. The molecule has 2 aromatic heterocycles. The molecule has 1 aliphatic heterocycles. The summed E-state index contributed by atoms with van der Waals surface area (Å²) in [6.45, 7) is 0.678. The van der Waals surface area contributed by atoms with Gasteiger partial charge in [-0.2, -0.15) is 5.10 Å². The summed E-state index contributed by atoms with van der Waals surface area (Å²) in [5.41, 5.74) is 4.45. The van der Waals surface area contributed by atoms with Crippen LogP contribution in [0.25, 0.3) is 22.4 Å². The van der Waals surface area contributed by atoms with Gasteiger partial charge >= 0.3 is 5.76 Å². The third-order valence-corrected chi connectivity index (χ3v) is 7.21. The number of aromatic amines is 2. The lowest BCUT2D eigenvalue weighted by Gasteiger charge is -2.26. The number of hydrogen-bond donors (Lipinski definition) is 2. The second kappa shape index (κ2) is 8.38. The average Bonchev–Trinajstić information content (AvgIpc) is 3.38. The summed E-state index contributed by atoms with van der Waals surface area (Å²) < 4.78 is 11.4. The van der Waals surface area contributed by atoms with Crippen molar-refractivity contribution < 1.29 is 13.9 Å². The minimum absolute atomic E-state index is 0.0742. The zero-order valence-corrected chi connectivity index (χ0v) is 20.3. The van der Waals surface area contributed by atoms with Crippen molar-refractivity contribution in [2.24, 2.45) is 5.92 Å². The largest absolute Gasteiger partial charge is 0.457 e. The maximum atomic E-state index is 13.5. The highest BCUT2D eigenvalue weighted by Gasteiger charge is 2.44. The molecule has 2 N–H and O–H groups in total. The van der Waals surface area contributed by atoms with Gasteiger partial charge in [0.25, 0.3) is 5.91 Å². The number of ether oxygens (including phenoxy) is 1. The van der Waals surface area contributed by atoms with E-state index in [1.807, 2.05) is 53.4 Å². The fourth-order valence-electron chi connectivity index (χ4n) is 5.03. The van der Waals surface area contributed by atoms with E-state index in [1.54, 1.807) is 18.2 Å². The lowest BCUT2D eigenvalue weighted by molar-refractivity contribution is 0.0735. The fraction of sp³-hybridized carbons (Fsp3) is 0.179. The Labute approximate surface area is 215 Å². The summed E-state index contributed by atoms with van der Waals surface area (Å²) in [5.74, 6) is 1.26. The first kappa shape index (κ1) is 21.9. The number of benzene rings is 3. The second-order valence-corrected chi connectivity index (χ2v) is 9.92.